The number of carbonyl (C=O) groups excluding carboxylic acids is 4. The van der Waals surface area contributed by atoms with Crippen LogP contribution in [-0.4, -0.2) is 630 Å². The van der Waals surface area contributed by atoms with Gasteiger partial charge in [-0.2, -0.15) is 0 Å². The van der Waals surface area contributed by atoms with Crippen LogP contribution in [0.15, 0.2) is 0 Å². The maximum atomic E-state index is 13.1. The van der Waals surface area contributed by atoms with Crippen molar-refractivity contribution in [3.63, 3.8) is 0 Å². The van der Waals surface area contributed by atoms with Gasteiger partial charge in [0.2, 0.25) is 0 Å². The molecule has 0 aliphatic carbocycles. The first kappa shape index (κ1) is 113. The van der Waals surface area contributed by atoms with Gasteiger partial charge in [0.15, 0.2) is 93.6 Å². The third kappa shape index (κ3) is 25.6. The summed E-state index contributed by atoms with van der Waals surface area (Å²) < 4.78 is 209. The summed E-state index contributed by atoms with van der Waals surface area (Å²) in [6.07, 6.45) is -73.8. The second-order valence-corrected chi connectivity index (χ2v) is 37.6. The summed E-state index contributed by atoms with van der Waals surface area (Å²) in [6.45, 7) is 2.94. The highest BCUT2D eigenvalue weighted by molar-refractivity contribution is 6.23. The lowest BCUT2D eigenvalue weighted by Crippen LogP contribution is -2.67. The van der Waals surface area contributed by atoms with Gasteiger partial charge in [0.1, 0.15) is 171 Å². The Morgan fingerprint density at radius 1 is 0.338 bits per heavy atom. The molecule has 16 N–H and O–H groups in total. The Bertz CT molecular complexity index is 3720. The van der Waals surface area contributed by atoms with E-state index in [-0.39, 0.29) is 25.9 Å². The van der Waals surface area contributed by atoms with Crippen LogP contribution in [0.4, 0.5) is 0 Å². The fourth-order valence-corrected chi connectivity index (χ4v) is 21.7. The van der Waals surface area contributed by atoms with Crippen LogP contribution in [0.1, 0.15) is 34.1 Å². The van der Waals surface area contributed by atoms with Crippen LogP contribution in [0.25, 0.3) is 0 Å². The zero-order chi connectivity index (χ0) is 98.3. The zero-order valence-electron chi connectivity index (χ0n) is 74.2. The maximum Gasteiger partial charge on any atom is 0.742 e. The minimum absolute atomic E-state index is 0.147. The number of aliphatic hydroxyl groups is 16. The molecular formula is C72H114Al8O56. The summed E-state index contributed by atoms with van der Waals surface area (Å²) in [5.74, 6) is -3.89. The minimum atomic E-state index is -2.13. The van der Waals surface area contributed by atoms with E-state index in [2.05, 4.69) is 0 Å². The van der Waals surface area contributed by atoms with Crippen LogP contribution >= 0.6 is 0 Å². The number of fused-ring (bicyclic) bond motifs is 4. The molecule has 14 fully saturated rings. The lowest BCUT2D eigenvalue weighted by Gasteiger charge is -2.48. The van der Waals surface area contributed by atoms with E-state index in [1.54, 1.807) is 27.7 Å². The van der Waals surface area contributed by atoms with E-state index in [0.717, 1.165) is 107 Å². The quantitative estimate of drug-likeness (QED) is 0.0205. The standard InChI is InChI=1S/C46H74O32.C26H36O24.8Al.8H/c1-14(2)67-22-11-65-45(38(30(22)56)78-44-34(60)28(54)19(8-50)72-44)75-23-12-64-41(35(61)36(23)76-42-32(58)26(52)17(6-48)70-42)74-24-13-66-46(73-21-10-63-40(68-15(3)4)31(57)29(21)55)39(69-20-9-62-16(5-47)25(20)51)37(24)77-43-33(59)27(53)18(7-49)71-43;1-42-13-6(28)10(32)26(49-17(13)21(36)37)47-15-8(30)11(33)25(50-19(15)23(40)41)46-12-4(27)3-5(45-16(12)20(34)35)44-14-7(29)9(31)24(43-2)48-18(14)22(38)39;;;;;;;;;;;;;;;;/h14-50,55-61H,5-13H2,1-4H3;4-19,24-28,31-33H,3H2,1-2H3,(H,34,35)(H,36,37)(H,38,39)(H,40,41);;;;;;;;;;;;;;;;/q-4;-2;6*+1;2*+2;;;;;;;;/p-4/t16-,17-,18-,19-,20?,21+,22+,23+,24+,25-,26?,27-,28-,29?,30-,31?,32-,33-,34-,35?,36?,37-,38?,39?,40-,41-,42-,43-,44-,45-,46-;4-,5-,6-,7?,8?,9?,10?,11?,12+,13+,14-,15-,16?,17?,18+,19+,24+,25+,26-;;;;;;;;;;;;;;;;/m00................/s1. The number of hydrogen-bond donors (Lipinski definition) is 16. The molecule has 50 atom stereocenters. The number of carbonyl (C=O) groups is 4. The van der Waals surface area contributed by atoms with Crippen molar-refractivity contribution in [2.75, 3.05) is 73.7 Å². The number of hydrogen-bond acceptors (Lipinski definition) is 56. The molecule has 14 aliphatic heterocycles. The van der Waals surface area contributed by atoms with Gasteiger partial charge in [-0.15, -0.1) is 0 Å². The first-order valence-electron chi connectivity index (χ1n) is 43.5. The largest absolute Gasteiger partial charge is 0.742 e. The van der Waals surface area contributed by atoms with E-state index in [1.807, 2.05) is 0 Å². The van der Waals surface area contributed by atoms with E-state index in [9.17, 15) is 101 Å². The summed E-state index contributed by atoms with van der Waals surface area (Å²) in [5, 5.41) is 177. The molecular weight excluding hydrogens is 1980 g/mol. The summed E-state index contributed by atoms with van der Waals surface area (Å²) in [7, 11) is 2.41. The van der Waals surface area contributed by atoms with Crippen LogP contribution in [0.2, 0.25) is 0 Å². The van der Waals surface area contributed by atoms with Crippen molar-refractivity contribution in [3.8, 4) is 0 Å². The van der Waals surface area contributed by atoms with Gasteiger partial charge in [-0.1, -0.05) is 0 Å². The molecule has 0 aromatic heterocycles. The van der Waals surface area contributed by atoms with Crippen molar-refractivity contribution in [3.05, 3.63) is 0 Å². The molecule has 4 bridgehead atoms. The second kappa shape index (κ2) is 52.1. The van der Waals surface area contributed by atoms with Gasteiger partial charge >= 0.3 is 155 Å². The SMILES string of the molecule is CC(C)O[C@@H]1OC[C@@H](O[C@@H]2OC[C@@H](O[C@@H]3OC[C@@H](O[C@@H]4OC[C@@H](OC(C)C)[C@H](O)C4O[C@@H]4O[C@@H](CO)[C@H]([O][AlH])[C@@H]4O)C(O[C@@H]4O[C@@H](CO)C([O][AlH])[C@@H]4O)C3O)[C@H](O[C@@H]3O[C@@H](CO)[C@H]([O][AlH])[C@@H]3O)C2OC2CO[C@@H](CO)[C@@H]2[O][AlH])C(O)C1O.CO[C@@H]1O[C@H]2C(=O)[O][AlH][O]C(C1O)[C@@H]2O[C@@H]1C[C@H](O)[C@@H](O[C@@H]2O[C@H]3C(=O)[O][AlH][O]C(C2O)[C@@H]3O[C@H]2OC(C(=O)[O][AlH])[C@H](OC)[C@@H](O)C2O)C(C(=O)[O][AlH])O1. The fraction of sp³-hybridized carbons (Fsp3) is 0.944. The molecule has 0 amide bonds. The van der Waals surface area contributed by atoms with Gasteiger partial charge in [-0.05, 0) is 27.7 Å². The Labute approximate surface area is 838 Å². The summed E-state index contributed by atoms with van der Waals surface area (Å²) in [5.41, 5.74) is 0. The van der Waals surface area contributed by atoms with Crippen LogP contribution in [0.3, 0.4) is 0 Å². The smallest absolute Gasteiger partial charge is 0.622 e. The lowest BCUT2D eigenvalue weighted by atomic mass is 9.96. The molecule has 0 aromatic carbocycles. The van der Waals surface area contributed by atoms with E-state index in [0.29, 0.717) is 0 Å². The Balaban J connectivity index is 0.000000250. The summed E-state index contributed by atoms with van der Waals surface area (Å²) in [4.78, 5) is 51.2. The van der Waals surface area contributed by atoms with E-state index in [1.165, 1.54) is 7.11 Å². The highest BCUT2D eigenvalue weighted by Crippen LogP contribution is 2.43. The minimum Gasteiger partial charge on any atom is -0.622 e. The summed E-state index contributed by atoms with van der Waals surface area (Å²) >= 11 is 1.91. The molecule has 0 saturated carbocycles. The van der Waals surface area contributed by atoms with Crippen molar-refractivity contribution >= 4 is 155 Å². The molecule has 14 aliphatic rings. The van der Waals surface area contributed by atoms with Crippen molar-refractivity contribution in [2.24, 2.45) is 0 Å². The number of aliphatic hydroxyl groups excluding tert-OH is 16. The van der Waals surface area contributed by atoms with Crippen LogP contribution in [0, 0.1) is 0 Å². The Hall–Kier alpha value is 0.220. The predicted octanol–water partition coefficient (Wildman–Crippen LogP) is -19.4. The van der Waals surface area contributed by atoms with Crippen molar-refractivity contribution in [1.29, 1.82) is 0 Å². The second-order valence-electron chi connectivity index (χ2n) is 34.0. The Kier molecular flexibility index (Phi) is 43.4. The van der Waals surface area contributed by atoms with Gasteiger partial charge in [0.25, 0.3) is 0 Å². The molecule has 136 heavy (non-hydrogen) atoms. The fourth-order valence-electron chi connectivity index (χ4n) is 17.9. The Morgan fingerprint density at radius 3 is 1.26 bits per heavy atom. The van der Waals surface area contributed by atoms with Crippen LogP contribution < -0.4 is 0 Å². The first-order chi connectivity index (χ1) is 65.1. The van der Waals surface area contributed by atoms with E-state index in [4.69, 9.17) is 161 Å². The van der Waals surface area contributed by atoms with E-state index < -0.39 is 415 Å². The zero-order valence-corrected chi connectivity index (χ0v) is 85.5. The number of ether oxygens (including phenoxy) is 26. The van der Waals surface area contributed by atoms with Gasteiger partial charge in [0.05, 0.1) is 114 Å². The van der Waals surface area contributed by atoms with Crippen molar-refractivity contribution < 1.29 is 262 Å². The average molecular weight is 2090 g/mol. The predicted molar refractivity (Wildman–Crippen MR) is 432 cm³/mol. The van der Waals surface area contributed by atoms with Gasteiger partial charge in [-0.25, -0.2) is 0 Å². The molecule has 14 rings (SSSR count). The molecule has 64 heteroatoms. The third-order valence-corrected chi connectivity index (χ3v) is 28.7. The molecule has 14 heterocycles. The topological polar surface area (TPSA) is 724 Å². The third-order valence-electron chi connectivity index (χ3n) is 24.7. The number of rotatable bonds is 36. The monoisotopic (exact) mass is 2090 g/mol. The van der Waals surface area contributed by atoms with Gasteiger partial charge < -0.3 is 243 Å². The maximum absolute atomic E-state index is 13.1. The van der Waals surface area contributed by atoms with Gasteiger partial charge in [0, 0.05) is 20.6 Å². The molecule has 14 saturated heterocycles. The molecule has 6 radical (unpaired) electrons. The first-order valence-corrected chi connectivity index (χ1v) is 49.2. The van der Waals surface area contributed by atoms with Crippen molar-refractivity contribution in [2.45, 2.75) is 354 Å². The highest BCUT2D eigenvalue weighted by Gasteiger charge is 2.63. The average Bonchev–Trinajstić information content (AvgIpc) is 1.16. The molecule has 0 spiro atoms. The van der Waals surface area contributed by atoms with Crippen molar-refractivity contribution in [1.82, 2.24) is 0 Å². The lowest BCUT2D eigenvalue weighted by molar-refractivity contribution is -0.385. The molecule has 15 unspecified atom stereocenters. The van der Waals surface area contributed by atoms with E-state index >= 15 is 0 Å². The number of methoxy groups -OCH3 is 2. The molecule has 0 aromatic rings. The van der Waals surface area contributed by atoms with Crippen LogP contribution in [-0.2, 0) is 180 Å². The van der Waals surface area contributed by atoms with Crippen LogP contribution in [0.5, 0.6) is 0 Å². The molecule has 762 valence electrons. The van der Waals surface area contributed by atoms with Gasteiger partial charge in [-0.3, -0.25) is 19.2 Å². The Morgan fingerprint density at radius 2 is 0.743 bits per heavy atom. The molecule has 56 nitrogen and oxygen atoms in total. The highest BCUT2D eigenvalue weighted by atomic mass is 27.2. The summed E-state index contributed by atoms with van der Waals surface area (Å²) in [6, 6.07) is 0. The normalized spacial score (nSPS) is 47.6.